The van der Waals surface area contributed by atoms with Gasteiger partial charge in [-0.05, 0) is 62.9 Å². The van der Waals surface area contributed by atoms with Gasteiger partial charge in [0.1, 0.15) is 5.65 Å². The molecule has 0 amide bonds. The van der Waals surface area contributed by atoms with E-state index in [9.17, 15) is 4.79 Å². The van der Waals surface area contributed by atoms with Gasteiger partial charge in [0.2, 0.25) is 0 Å². The molecule has 1 saturated heterocycles. The average molecular weight is 257 g/mol. The van der Waals surface area contributed by atoms with Crippen molar-refractivity contribution >= 4 is 5.65 Å². The zero-order chi connectivity index (χ0) is 13.2. The van der Waals surface area contributed by atoms with Crippen molar-refractivity contribution in [1.29, 1.82) is 0 Å². The highest BCUT2D eigenvalue weighted by atomic mass is 16.1. The lowest BCUT2D eigenvalue weighted by Crippen LogP contribution is -2.31. The van der Waals surface area contributed by atoms with Crippen LogP contribution < -0.4 is 10.9 Å². The topological polar surface area (TPSA) is 46.4 Å². The molecule has 1 aliphatic heterocycles. The Bertz CT molecular complexity index is 641. The molecule has 1 atom stereocenters. The minimum atomic E-state index is 0.0174. The number of piperidine rings is 1. The number of aromatic nitrogens is 2. The van der Waals surface area contributed by atoms with Crippen LogP contribution in [0.2, 0.25) is 0 Å². The number of hydrogen-bond donors (Lipinski definition) is 1. The molecule has 0 radical (unpaired) electrons. The summed E-state index contributed by atoms with van der Waals surface area (Å²) in [4.78, 5) is 16.7. The summed E-state index contributed by atoms with van der Waals surface area (Å²) >= 11 is 0. The summed E-state index contributed by atoms with van der Waals surface area (Å²) in [6, 6.07) is 5.57. The van der Waals surface area contributed by atoms with E-state index in [2.05, 4.69) is 10.3 Å². The molecule has 3 rings (SSSR count). The van der Waals surface area contributed by atoms with Gasteiger partial charge in [-0.2, -0.15) is 0 Å². The van der Waals surface area contributed by atoms with Crippen molar-refractivity contribution in [2.75, 3.05) is 13.1 Å². The normalized spacial score (nSPS) is 19.7. The number of hydrogen-bond acceptors (Lipinski definition) is 3. The summed E-state index contributed by atoms with van der Waals surface area (Å²) in [6.07, 6.45) is 5.14. The SMILES string of the molecule is Cc1ccn2c(=O)cc(CC3CCCNC3)nc2c1. The van der Waals surface area contributed by atoms with E-state index in [0.717, 1.165) is 36.4 Å². The monoisotopic (exact) mass is 257 g/mol. The van der Waals surface area contributed by atoms with Crippen LogP contribution in [0.4, 0.5) is 0 Å². The lowest BCUT2D eigenvalue weighted by molar-refractivity contribution is 0.373. The Morgan fingerprint density at radius 3 is 3.16 bits per heavy atom. The van der Waals surface area contributed by atoms with Gasteiger partial charge in [-0.1, -0.05) is 0 Å². The molecule has 1 aliphatic rings. The van der Waals surface area contributed by atoms with Gasteiger partial charge in [0, 0.05) is 18.0 Å². The van der Waals surface area contributed by atoms with E-state index in [1.165, 1.54) is 12.8 Å². The third-order valence-corrected chi connectivity index (χ3v) is 3.77. The fourth-order valence-electron chi connectivity index (χ4n) is 2.75. The number of nitrogens with one attached hydrogen (secondary N) is 1. The first-order valence-corrected chi connectivity index (χ1v) is 6.92. The molecule has 3 heterocycles. The summed E-state index contributed by atoms with van der Waals surface area (Å²) in [5, 5.41) is 3.40. The zero-order valence-electron chi connectivity index (χ0n) is 11.2. The van der Waals surface area contributed by atoms with Crippen molar-refractivity contribution in [3.05, 3.63) is 46.0 Å². The van der Waals surface area contributed by atoms with Gasteiger partial charge in [0.15, 0.2) is 0 Å². The number of pyridine rings is 1. The minimum Gasteiger partial charge on any atom is -0.316 e. The Morgan fingerprint density at radius 1 is 1.47 bits per heavy atom. The summed E-state index contributed by atoms with van der Waals surface area (Å²) in [6.45, 7) is 4.17. The maximum atomic E-state index is 12.1. The van der Waals surface area contributed by atoms with Gasteiger partial charge in [0.05, 0.1) is 0 Å². The molecule has 0 spiro atoms. The zero-order valence-corrected chi connectivity index (χ0v) is 11.2. The van der Waals surface area contributed by atoms with Crippen LogP contribution in [0, 0.1) is 12.8 Å². The molecular formula is C15H19N3O. The van der Waals surface area contributed by atoms with E-state index in [-0.39, 0.29) is 5.56 Å². The van der Waals surface area contributed by atoms with E-state index in [4.69, 9.17) is 0 Å². The maximum absolute atomic E-state index is 12.1. The van der Waals surface area contributed by atoms with Crippen LogP contribution >= 0.6 is 0 Å². The van der Waals surface area contributed by atoms with Crippen LogP contribution in [-0.4, -0.2) is 22.5 Å². The second kappa shape index (κ2) is 5.13. The predicted molar refractivity (Wildman–Crippen MR) is 75.5 cm³/mol. The minimum absolute atomic E-state index is 0.0174. The highest BCUT2D eigenvalue weighted by Gasteiger charge is 2.15. The van der Waals surface area contributed by atoms with Crippen LogP contribution in [0.5, 0.6) is 0 Å². The van der Waals surface area contributed by atoms with Crippen molar-refractivity contribution in [3.8, 4) is 0 Å². The molecule has 1 fully saturated rings. The summed E-state index contributed by atoms with van der Waals surface area (Å²) < 4.78 is 1.61. The first-order chi connectivity index (χ1) is 9.22. The van der Waals surface area contributed by atoms with Crippen LogP contribution in [-0.2, 0) is 6.42 Å². The fraction of sp³-hybridized carbons (Fsp3) is 0.467. The second-order valence-corrected chi connectivity index (χ2v) is 5.43. The van der Waals surface area contributed by atoms with Crippen molar-refractivity contribution in [3.63, 3.8) is 0 Å². The van der Waals surface area contributed by atoms with E-state index in [0.29, 0.717) is 5.92 Å². The quantitative estimate of drug-likeness (QED) is 0.888. The Kier molecular flexibility index (Phi) is 3.34. The molecule has 1 N–H and O–H groups in total. The molecule has 0 saturated carbocycles. The van der Waals surface area contributed by atoms with Crippen molar-refractivity contribution in [1.82, 2.24) is 14.7 Å². The smallest absolute Gasteiger partial charge is 0.258 e. The molecule has 4 heteroatoms. The van der Waals surface area contributed by atoms with Crippen LogP contribution in [0.3, 0.4) is 0 Å². The lowest BCUT2D eigenvalue weighted by Gasteiger charge is -2.22. The fourth-order valence-corrected chi connectivity index (χ4v) is 2.75. The van der Waals surface area contributed by atoms with Crippen molar-refractivity contribution < 1.29 is 0 Å². The number of aryl methyl sites for hydroxylation is 1. The average Bonchev–Trinajstić information content (AvgIpc) is 2.39. The molecule has 1 unspecified atom stereocenters. The standard InChI is InChI=1S/C15H19N3O/c1-11-4-6-18-14(7-11)17-13(9-15(18)19)8-12-3-2-5-16-10-12/h4,6-7,9,12,16H,2-3,5,8,10H2,1H3. The molecule has 100 valence electrons. The van der Waals surface area contributed by atoms with Gasteiger partial charge >= 0.3 is 0 Å². The number of rotatable bonds is 2. The van der Waals surface area contributed by atoms with Gasteiger partial charge in [-0.25, -0.2) is 4.98 Å². The second-order valence-electron chi connectivity index (χ2n) is 5.43. The van der Waals surface area contributed by atoms with Gasteiger partial charge in [0.25, 0.3) is 5.56 Å². The Balaban J connectivity index is 1.93. The predicted octanol–water partition coefficient (Wildman–Crippen LogP) is 1.55. The van der Waals surface area contributed by atoms with Crippen LogP contribution in [0.1, 0.15) is 24.1 Å². The van der Waals surface area contributed by atoms with E-state index in [1.54, 1.807) is 16.7 Å². The van der Waals surface area contributed by atoms with Gasteiger partial charge < -0.3 is 5.32 Å². The van der Waals surface area contributed by atoms with Crippen LogP contribution in [0.15, 0.2) is 29.2 Å². The van der Waals surface area contributed by atoms with E-state index >= 15 is 0 Å². The highest BCUT2D eigenvalue weighted by molar-refractivity contribution is 5.41. The molecule has 4 nitrogen and oxygen atoms in total. The number of fused-ring (bicyclic) bond motifs is 1. The molecule has 0 aliphatic carbocycles. The molecular weight excluding hydrogens is 238 g/mol. The first kappa shape index (κ1) is 12.4. The number of nitrogens with zero attached hydrogens (tertiary/aromatic N) is 2. The van der Waals surface area contributed by atoms with E-state index in [1.807, 2.05) is 19.1 Å². The first-order valence-electron chi connectivity index (χ1n) is 6.92. The largest absolute Gasteiger partial charge is 0.316 e. The Morgan fingerprint density at radius 2 is 2.37 bits per heavy atom. The van der Waals surface area contributed by atoms with Crippen molar-refractivity contribution in [2.24, 2.45) is 5.92 Å². The summed E-state index contributed by atoms with van der Waals surface area (Å²) in [5.41, 5.74) is 2.82. The maximum Gasteiger partial charge on any atom is 0.258 e. The van der Waals surface area contributed by atoms with Gasteiger partial charge in [-0.3, -0.25) is 9.20 Å². The van der Waals surface area contributed by atoms with E-state index < -0.39 is 0 Å². The third-order valence-electron chi connectivity index (χ3n) is 3.77. The van der Waals surface area contributed by atoms with Crippen molar-refractivity contribution in [2.45, 2.75) is 26.2 Å². The summed E-state index contributed by atoms with van der Waals surface area (Å²) in [5.74, 6) is 0.605. The third kappa shape index (κ3) is 2.68. The Labute approximate surface area is 112 Å². The Hall–Kier alpha value is -1.68. The van der Waals surface area contributed by atoms with Gasteiger partial charge in [-0.15, -0.1) is 0 Å². The molecule has 0 aromatic carbocycles. The molecule has 2 aromatic rings. The molecule has 0 bridgehead atoms. The van der Waals surface area contributed by atoms with Crippen LogP contribution in [0.25, 0.3) is 5.65 Å². The summed E-state index contributed by atoms with van der Waals surface area (Å²) in [7, 11) is 0. The molecule has 2 aromatic heterocycles. The lowest BCUT2D eigenvalue weighted by atomic mass is 9.94. The molecule has 19 heavy (non-hydrogen) atoms. The highest BCUT2D eigenvalue weighted by Crippen LogP contribution is 2.15.